The molecule has 1 saturated heterocycles. The zero-order valence-electron chi connectivity index (χ0n) is 8.86. The molecule has 0 radical (unpaired) electrons. The summed E-state index contributed by atoms with van der Waals surface area (Å²) in [5, 5.41) is 9.73. The van der Waals surface area contributed by atoms with Crippen molar-refractivity contribution in [3.05, 3.63) is 0 Å². The number of hydrogen-bond donors (Lipinski definition) is 1. The van der Waals surface area contributed by atoms with E-state index in [0.29, 0.717) is 19.1 Å². The van der Waals surface area contributed by atoms with Crippen LogP contribution in [0.4, 0.5) is 0 Å². The SMILES string of the molecule is CC(C)CN(C)C1COCCC1O. The number of aliphatic hydroxyl groups excluding tert-OH is 1. The molecule has 0 bridgehead atoms. The molecule has 0 saturated carbocycles. The Morgan fingerprint density at radius 3 is 2.77 bits per heavy atom. The molecule has 0 aromatic rings. The van der Waals surface area contributed by atoms with Crippen molar-refractivity contribution in [1.82, 2.24) is 4.90 Å². The van der Waals surface area contributed by atoms with Gasteiger partial charge in [-0.15, -0.1) is 0 Å². The van der Waals surface area contributed by atoms with Crippen LogP contribution in [0.1, 0.15) is 20.3 Å². The van der Waals surface area contributed by atoms with E-state index in [1.54, 1.807) is 0 Å². The molecule has 2 unspecified atom stereocenters. The molecule has 0 spiro atoms. The van der Waals surface area contributed by atoms with Gasteiger partial charge in [-0.25, -0.2) is 0 Å². The summed E-state index contributed by atoms with van der Waals surface area (Å²) >= 11 is 0. The highest BCUT2D eigenvalue weighted by molar-refractivity contribution is 4.80. The number of aliphatic hydroxyl groups is 1. The van der Waals surface area contributed by atoms with Crippen molar-refractivity contribution >= 4 is 0 Å². The van der Waals surface area contributed by atoms with Crippen molar-refractivity contribution in [2.24, 2.45) is 5.92 Å². The van der Waals surface area contributed by atoms with Crippen LogP contribution >= 0.6 is 0 Å². The zero-order valence-corrected chi connectivity index (χ0v) is 8.86. The van der Waals surface area contributed by atoms with E-state index in [2.05, 4.69) is 25.8 Å². The van der Waals surface area contributed by atoms with Gasteiger partial charge in [-0.05, 0) is 19.4 Å². The Hall–Kier alpha value is -0.120. The minimum Gasteiger partial charge on any atom is -0.391 e. The molecule has 78 valence electrons. The smallest absolute Gasteiger partial charge is 0.0739 e. The van der Waals surface area contributed by atoms with E-state index in [0.717, 1.165) is 13.0 Å². The Labute approximate surface area is 80.7 Å². The first-order valence-corrected chi connectivity index (χ1v) is 5.07. The Kier molecular flexibility index (Phi) is 4.16. The molecule has 1 rings (SSSR count). The molecule has 2 atom stereocenters. The third kappa shape index (κ3) is 3.25. The van der Waals surface area contributed by atoms with Crippen LogP contribution in [0.25, 0.3) is 0 Å². The molecular weight excluding hydrogens is 166 g/mol. The molecule has 0 aliphatic carbocycles. The van der Waals surface area contributed by atoms with Crippen LogP contribution in [0.5, 0.6) is 0 Å². The largest absolute Gasteiger partial charge is 0.391 e. The molecule has 0 aromatic heterocycles. The van der Waals surface area contributed by atoms with Crippen LogP contribution in [0.3, 0.4) is 0 Å². The van der Waals surface area contributed by atoms with E-state index in [4.69, 9.17) is 4.74 Å². The summed E-state index contributed by atoms with van der Waals surface area (Å²) in [6, 6.07) is 0.191. The molecular formula is C10H21NO2. The highest BCUT2D eigenvalue weighted by Crippen LogP contribution is 2.13. The maximum Gasteiger partial charge on any atom is 0.0739 e. The summed E-state index contributed by atoms with van der Waals surface area (Å²) < 4.78 is 5.35. The summed E-state index contributed by atoms with van der Waals surface area (Å²) in [7, 11) is 2.06. The predicted octanol–water partition coefficient (Wildman–Crippen LogP) is 0.724. The van der Waals surface area contributed by atoms with Gasteiger partial charge in [-0.3, -0.25) is 4.90 Å². The number of ether oxygens (including phenoxy) is 1. The van der Waals surface area contributed by atoms with Gasteiger partial charge in [0.15, 0.2) is 0 Å². The molecule has 13 heavy (non-hydrogen) atoms. The van der Waals surface area contributed by atoms with Gasteiger partial charge in [-0.1, -0.05) is 13.8 Å². The van der Waals surface area contributed by atoms with Gasteiger partial charge >= 0.3 is 0 Å². The van der Waals surface area contributed by atoms with Gasteiger partial charge < -0.3 is 9.84 Å². The first kappa shape index (κ1) is 11.0. The second-order valence-electron chi connectivity index (χ2n) is 4.33. The average Bonchev–Trinajstić information content (AvgIpc) is 2.03. The third-order valence-corrected chi connectivity index (χ3v) is 2.51. The highest BCUT2D eigenvalue weighted by atomic mass is 16.5. The van der Waals surface area contributed by atoms with E-state index in [9.17, 15) is 5.11 Å². The lowest BCUT2D eigenvalue weighted by atomic mass is 10.0. The summed E-state index contributed by atoms with van der Waals surface area (Å²) in [5.41, 5.74) is 0. The number of likely N-dealkylation sites (N-methyl/N-ethyl adjacent to an activating group) is 1. The lowest BCUT2D eigenvalue weighted by Crippen LogP contribution is -2.49. The first-order chi connectivity index (χ1) is 6.11. The second kappa shape index (κ2) is 4.94. The van der Waals surface area contributed by atoms with Gasteiger partial charge in [0, 0.05) is 13.2 Å². The van der Waals surface area contributed by atoms with E-state index in [-0.39, 0.29) is 12.1 Å². The first-order valence-electron chi connectivity index (χ1n) is 5.07. The molecule has 1 heterocycles. The summed E-state index contributed by atoms with van der Waals surface area (Å²) in [6.07, 6.45) is 0.560. The van der Waals surface area contributed by atoms with Crippen molar-refractivity contribution in [1.29, 1.82) is 0 Å². The van der Waals surface area contributed by atoms with Gasteiger partial charge in [0.05, 0.1) is 18.8 Å². The Bertz CT molecular complexity index is 150. The summed E-state index contributed by atoms with van der Waals surface area (Å²) in [6.45, 7) is 6.77. The Balaban J connectivity index is 2.39. The van der Waals surface area contributed by atoms with E-state index in [1.165, 1.54) is 0 Å². The van der Waals surface area contributed by atoms with Crippen molar-refractivity contribution in [2.45, 2.75) is 32.4 Å². The average molecular weight is 187 g/mol. The fraction of sp³-hybridized carbons (Fsp3) is 1.00. The molecule has 0 amide bonds. The molecule has 3 nitrogen and oxygen atoms in total. The number of hydrogen-bond acceptors (Lipinski definition) is 3. The third-order valence-electron chi connectivity index (χ3n) is 2.51. The van der Waals surface area contributed by atoms with Crippen molar-refractivity contribution in [3.8, 4) is 0 Å². The minimum absolute atomic E-state index is 0.191. The van der Waals surface area contributed by atoms with Crippen LogP contribution in [0.15, 0.2) is 0 Å². The Morgan fingerprint density at radius 2 is 2.23 bits per heavy atom. The van der Waals surface area contributed by atoms with E-state index >= 15 is 0 Å². The van der Waals surface area contributed by atoms with E-state index in [1.807, 2.05) is 0 Å². The topological polar surface area (TPSA) is 32.7 Å². The highest BCUT2D eigenvalue weighted by Gasteiger charge is 2.27. The fourth-order valence-electron chi connectivity index (χ4n) is 1.84. The lowest BCUT2D eigenvalue weighted by molar-refractivity contribution is -0.0563. The van der Waals surface area contributed by atoms with Crippen LogP contribution in [0, 0.1) is 5.92 Å². The molecule has 1 N–H and O–H groups in total. The van der Waals surface area contributed by atoms with Crippen LogP contribution < -0.4 is 0 Å². The molecule has 1 fully saturated rings. The summed E-state index contributed by atoms with van der Waals surface area (Å²) in [4.78, 5) is 2.20. The van der Waals surface area contributed by atoms with Crippen molar-refractivity contribution < 1.29 is 9.84 Å². The molecule has 3 heteroatoms. The van der Waals surface area contributed by atoms with Crippen LogP contribution in [-0.2, 0) is 4.74 Å². The maximum absolute atomic E-state index is 9.73. The standard InChI is InChI=1S/C10H21NO2/c1-8(2)6-11(3)9-7-13-5-4-10(9)12/h8-10,12H,4-7H2,1-3H3. The van der Waals surface area contributed by atoms with Gasteiger partial charge in [0.1, 0.15) is 0 Å². The molecule has 1 aliphatic rings. The number of rotatable bonds is 3. The second-order valence-corrected chi connectivity index (χ2v) is 4.33. The van der Waals surface area contributed by atoms with Crippen LogP contribution in [0.2, 0.25) is 0 Å². The maximum atomic E-state index is 9.73. The Morgan fingerprint density at radius 1 is 1.54 bits per heavy atom. The molecule has 1 aliphatic heterocycles. The predicted molar refractivity (Wildman–Crippen MR) is 52.7 cm³/mol. The van der Waals surface area contributed by atoms with Crippen molar-refractivity contribution in [2.75, 3.05) is 26.8 Å². The van der Waals surface area contributed by atoms with Gasteiger partial charge in [0.25, 0.3) is 0 Å². The van der Waals surface area contributed by atoms with Crippen LogP contribution in [-0.4, -0.2) is 49.0 Å². The number of nitrogens with zero attached hydrogens (tertiary/aromatic N) is 1. The normalized spacial score (nSPS) is 30.0. The van der Waals surface area contributed by atoms with Gasteiger partial charge in [0.2, 0.25) is 0 Å². The molecule has 0 aromatic carbocycles. The van der Waals surface area contributed by atoms with E-state index < -0.39 is 0 Å². The fourth-order valence-corrected chi connectivity index (χ4v) is 1.84. The lowest BCUT2D eigenvalue weighted by Gasteiger charge is -2.35. The minimum atomic E-state index is -0.211. The quantitative estimate of drug-likeness (QED) is 0.707. The monoisotopic (exact) mass is 187 g/mol. The summed E-state index contributed by atoms with van der Waals surface area (Å²) in [5.74, 6) is 0.638. The van der Waals surface area contributed by atoms with Gasteiger partial charge in [-0.2, -0.15) is 0 Å². The zero-order chi connectivity index (χ0) is 9.84. The van der Waals surface area contributed by atoms with Crippen molar-refractivity contribution in [3.63, 3.8) is 0 Å².